The van der Waals surface area contributed by atoms with Crippen LogP contribution in [0, 0.1) is 5.82 Å². The van der Waals surface area contributed by atoms with E-state index in [9.17, 15) is 14.3 Å². The van der Waals surface area contributed by atoms with Gasteiger partial charge in [0.05, 0.1) is 17.9 Å². The Hall–Kier alpha value is -2.25. The third-order valence-corrected chi connectivity index (χ3v) is 4.53. The molecule has 1 aromatic carbocycles. The van der Waals surface area contributed by atoms with Gasteiger partial charge in [0.25, 0.3) is 0 Å². The maximum Gasteiger partial charge on any atom is 0.219 e. The monoisotopic (exact) mass is 362 g/mol. The van der Waals surface area contributed by atoms with Crippen LogP contribution in [0.1, 0.15) is 31.9 Å². The number of aromatic nitrogens is 1. The maximum atomic E-state index is 13.0. The molecule has 0 spiro atoms. The zero-order chi connectivity index (χ0) is 18.5. The Morgan fingerprint density at radius 1 is 1.35 bits per heavy atom. The van der Waals surface area contributed by atoms with Gasteiger partial charge in [-0.3, -0.25) is 4.79 Å². The Morgan fingerprint density at radius 2 is 2.12 bits per heavy atom. The van der Waals surface area contributed by atoms with Gasteiger partial charge in [0.1, 0.15) is 11.9 Å². The molecule has 1 saturated heterocycles. The summed E-state index contributed by atoms with van der Waals surface area (Å²) < 4.78 is 24.3. The van der Waals surface area contributed by atoms with E-state index in [-0.39, 0.29) is 17.8 Å². The number of rotatable bonds is 6. The fraction of sp³-hybridized carbons (Fsp3) is 0.474. The minimum Gasteiger partial charge on any atom is -0.390 e. The van der Waals surface area contributed by atoms with Gasteiger partial charge in [-0.25, -0.2) is 4.39 Å². The second-order valence-corrected chi connectivity index (χ2v) is 6.49. The summed E-state index contributed by atoms with van der Waals surface area (Å²) in [4.78, 5) is 11.4. The molecule has 1 aliphatic heterocycles. The third-order valence-electron chi connectivity index (χ3n) is 4.53. The van der Waals surface area contributed by atoms with Crippen LogP contribution in [0.4, 0.5) is 4.39 Å². The molecule has 7 heteroatoms. The van der Waals surface area contributed by atoms with Crippen LogP contribution in [0.3, 0.4) is 0 Å². The summed E-state index contributed by atoms with van der Waals surface area (Å²) in [5.74, 6) is 0.204. The van der Waals surface area contributed by atoms with Crippen molar-refractivity contribution in [3.63, 3.8) is 0 Å². The van der Waals surface area contributed by atoms with Crippen LogP contribution in [0.15, 0.2) is 34.9 Å². The zero-order valence-corrected chi connectivity index (χ0v) is 14.7. The maximum absolute atomic E-state index is 13.0. The van der Waals surface area contributed by atoms with E-state index in [0.717, 1.165) is 11.3 Å². The van der Waals surface area contributed by atoms with E-state index in [4.69, 9.17) is 9.26 Å². The molecule has 3 rings (SSSR count). The first-order valence-corrected chi connectivity index (χ1v) is 8.87. The summed E-state index contributed by atoms with van der Waals surface area (Å²) in [5.41, 5.74) is 1.49. The first-order chi connectivity index (χ1) is 12.5. The van der Waals surface area contributed by atoms with Gasteiger partial charge >= 0.3 is 0 Å². The van der Waals surface area contributed by atoms with Crippen molar-refractivity contribution in [2.75, 3.05) is 6.54 Å². The van der Waals surface area contributed by atoms with Crippen molar-refractivity contribution in [2.45, 2.75) is 50.9 Å². The number of hydrogen-bond donors (Lipinski definition) is 2. The second-order valence-electron chi connectivity index (χ2n) is 6.49. The molecular weight excluding hydrogens is 339 g/mol. The van der Waals surface area contributed by atoms with Crippen LogP contribution in [-0.4, -0.2) is 41.0 Å². The topological polar surface area (TPSA) is 84.6 Å². The van der Waals surface area contributed by atoms with Gasteiger partial charge in [-0.2, -0.15) is 0 Å². The number of halogens is 1. The lowest BCUT2D eigenvalue weighted by atomic mass is 9.98. The molecule has 0 bridgehead atoms. The standard InChI is InChI=1S/C19H23FN2O4/c1-2-19(24)21-11-18-16(23)8-7-15(25-18)9-14-10-17(26-22-14)12-3-5-13(20)6-4-12/h3-6,10,15-16,18,23H,2,7-9,11H2,1H3,(H,21,24). The average Bonchev–Trinajstić information content (AvgIpc) is 3.11. The van der Waals surface area contributed by atoms with Crippen molar-refractivity contribution in [3.05, 3.63) is 41.8 Å². The minimum absolute atomic E-state index is 0.0663. The Morgan fingerprint density at radius 3 is 2.85 bits per heavy atom. The van der Waals surface area contributed by atoms with E-state index in [2.05, 4.69) is 10.5 Å². The summed E-state index contributed by atoms with van der Waals surface area (Å²) in [6, 6.07) is 7.84. The van der Waals surface area contributed by atoms with Crippen LogP contribution in [0.5, 0.6) is 0 Å². The number of nitrogens with zero attached hydrogens (tertiary/aromatic N) is 1. The zero-order valence-electron chi connectivity index (χ0n) is 14.7. The van der Waals surface area contributed by atoms with E-state index in [1.807, 2.05) is 6.07 Å². The van der Waals surface area contributed by atoms with Gasteiger partial charge in [-0.15, -0.1) is 0 Å². The van der Waals surface area contributed by atoms with Crippen LogP contribution in [-0.2, 0) is 16.0 Å². The first kappa shape index (κ1) is 18.5. The molecule has 3 unspecified atom stereocenters. The van der Waals surface area contributed by atoms with Crippen LogP contribution in [0.25, 0.3) is 11.3 Å². The Bertz CT molecular complexity index is 731. The molecule has 6 nitrogen and oxygen atoms in total. The minimum atomic E-state index is -0.588. The lowest BCUT2D eigenvalue weighted by Gasteiger charge is -2.33. The number of hydrogen-bond acceptors (Lipinski definition) is 5. The lowest BCUT2D eigenvalue weighted by Crippen LogP contribution is -2.46. The van der Waals surface area contributed by atoms with E-state index in [0.29, 0.717) is 38.0 Å². The Labute approximate surface area is 151 Å². The number of carbonyl (C=O) groups is 1. The summed E-state index contributed by atoms with van der Waals surface area (Å²) in [5, 5.41) is 16.9. The molecule has 1 aromatic heterocycles. The highest BCUT2D eigenvalue weighted by Gasteiger charge is 2.30. The van der Waals surface area contributed by atoms with Gasteiger partial charge in [0, 0.05) is 31.0 Å². The van der Waals surface area contributed by atoms with Crippen molar-refractivity contribution in [1.29, 1.82) is 0 Å². The highest BCUT2D eigenvalue weighted by molar-refractivity contribution is 5.75. The van der Waals surface area contributed by atoms with Gasteiger partial charge in [-0.05, 0) is 37.1 Å². The highest BCUT2D eigenvalue weighted by atomic mass is 19.1. The van der Waals surface area contributed by atoms with Crippen LogP contribution < -0.4 is 5.32 Å². The molecule has 1 aliphatic rings. The van der Waals surface area contributed by atoms with E-state index >= 15 is 0 Å². The summed E-state index contributed by atoms with van der Waals surface area (Å²) in [6.45, 7) is 2.07. The SMILES string of the molecule is CCC(=O)NCC1OC(Cc2cc(-c3ccc(F)cc3)on2)CCC1O. The summed E-state index contributed by atoms with van der Waals surface area (Å²) >= 11 is 0. The van der Waals surface area contributed by atoms with Crippen molar-refractivity contribution < 1.29 is 23.6 Å². The molecule has 2 aromatic rings. The smallest absolute Gasteiger partial charge is 0.219 e. The number of ether oxygens (including phenoxy) is 1. The molecule has 3 atom stereocenters. The normalized spacial score (nSPS) is 23.0. The molecular formula is C19H23FN2O4. The number of benzene rings is 1. The van der Waals surface area contributed by atoms with Gasteiger partial charge in [0.15, 0.2) is 5.76 Å². The largest absolute Gasteiger partial charge is 0.390 e. The van der Waals surface area contributed by atoms with Gasteiger partial charge < -0.3 is 19.7 Å². The Balaban J connectivity index is 1.58. The first-order valence-electron chi connectivity index (χ1n) is 8.87. The second kappa shape index (κ2) is 8.42. The third kappa shape index (κ3) is 4.68. The molecule has 1 fully saturated rings. The predicted octanol–water partition coefficient (Wildman–Crippen LogP) is 2.46. The lowest BCUT2D eigenvalue weighted by molar-refractivity contribution is -0.128. The molecule has 2 heterocycles. The number of nitrogens with one attached hydrogen (secondary N) is 1. The summed E-state index contributed by atoms with van der Waals surface area (Å²) in [6.07, 6.45) is 1.15. The molecule has 0 aliphatic carbocycles. The molecule has 140 valence electrons. The van der Waals surface area contributed by atoms with Gasteiger partial charge in [0.2, 0.25) is 5.91 Å². The highest BCUT2D eigenvalue weighted by Crippen LogP contribution is 2.25. The van der Waals surface area contributed by atoms with Crippen LogP contribution >= 0.6 is 0 Å². The molecule has 0 saturated carbocycles. The van der Waals surface area contributed by atoms with Crippen molar-refractivity contribution in [3.8, 4) is 11.3 Å². The van der Waals surface area contributed by atoms with Crippen molar-refractivity contribution >= 4 is 5.91 Å². The molecule has 0 radical (unpaired) electrons. The quantitative estimate of drug-likeness (QED) is 0.825. The number of amides is 1. The number of aliphatic hydroxyl groups excluding tert-OH is 1. The fourth-order valence-electron chi connectivity index (χ4n) is 3.01. The molecule has 26 heavy (non-hydrogen) atoms. The fourth-order valence-corrected chi connectivity index (χ4v) is 3.01. The summed E-state index contributed by atoms with van der Waals surface area (Å²) in [7, 11) is 0. The van der Waals surface area contributed by atoms with E-state index in [1.54, 1.807) is 19.1 Å². The van der Waals surface area contributed by atoms with E-state index < -0.39 is 12.2 Å². The van der Waals surface area contributed by atoms with Crippen LogP contribution in [0.2, 0.25) is 0 Å². The van der Waals surface area contributed by atoms with Crippen molar-refractivity contribution in [2.24, 2.45) is 0 Å². The van der Waals surface area contributed by atoms with Crippen molar-refractivity contribution in [1.82, 2.24) is 10.5 Å². The van der Waals surface area contributed by atoms with Gasteiger partial charge in [-0.1, -0.05) is 12.1 Å². The number of carbonyl (C=O) groups excluding carboxylic acids is 1. The average molecular weight is 362 g/mol. The molecule has 1 amide bonds. The predicted molar refractivity (Wildman–Crippen MR) is 92.8 cm³/mol. The van der Waals surface area contributed by atoms with E-state index in [1.165, 1.54) is 12.1 Å². The Kier molecular flexibility index (Phi) is 6.00. The number of aliphatic hydroxyl groups is 1. The molecule has 2 N–H and O–H groups in total.